The summed E-state index contributed by atoms with van der Waals surface area (Å²) in [4.78, 5) is 6.61. The van der Waals surface area contributed by atoms with Crippen LogP contribution in [0.3, 0.4) is 0 Å². The summed E-state index contributed by atoms with van der Waals surface area (Å²) in [5, 5.41) is 6.32. The van der Waals surface area contributed by atoms with Crippen molar-refractivity contribution >= 4 is 5.96 Å². The number of guanidine groups is 1. The predicted octanol–water partition coefficient (Wildman–Crippen LogP) is 3.21. The lowest BCUT2D eigenvalue weighted by atomic mass is 10.0. The van der Waals surface area contributed by atoms with Crippen LogP contribution < -0.4 is 15.4 Å². The number of aliphatic imine (C=N–C) groups is 1. The molecule has 1 fully saturated rings. The quantitative estimate of drug-likeness (QED) is 0.558. The molecule has 5 nitrogen and oxygen atoms in total. The lowest BCUT2D eigenvalue weighted by Gasteiger charge is -2.34. The molecule has 1 aromatic rings. The maximum absolute atomic E-state index is 14.0. The molecule has 0 unspecified atom stereocenters. The van der Waals surface area contributed by atoms with Gasteiger partial charge in [-0.3, -0.25) is 4.99 Å². The summed E-state index contributed by atoms with van der Waals surface area (Å²) in [7, 11) is 1.63. The molecule has 1 heterocycles. The zero-order valence-corrected chi connectivity index (χ0v) is 16.1. The van der Waals surface area contributed by atoms with Gasteiger partial charge < -0.3 is 20.3 Å². The highest BCUT2D eigenvalue weighted by molar-refractivity contribution is 5.80. The van der Waals surface area contributed by atoms with Gasteiger partial charge in [0.25, 0.3) is 0 Å². The van der Waals surface area contributed by atoms with Crippen LogP contribution in [0.2, 0.25) is 0 Å². The van der Waals surface area contributed by atoms with Crippen molar-refractivity contribution < 1.29 is 17.9 Å². The first-order valence-corrected chi connectivity index (χ1v) is 9.30. The summed E-state index contributed by atoms with van der Waals surface area (Å²) < 4.78 is 43.5. The van der Waals surface area contributed by atoms with Gasteiger partial charge in [-0.1, -0.05) is 19.9 Å². The molecular weight excluding hydrogens is 357 g/mol. The van der Waals surface area contributed by atoms with E-state index in [0.29, 0.717) is 11.9 Å². The topological polar surface area (TPSA) is 48.9 Å². The second-order valence-electron chi connectivity index (χ2n) is 7.13. The number of ether oxygens (including phenoxy) is 1. The van der Waals surface area contributed by atoms with Crippen LogP contribution in [0.1, 0.15) is 32.3 Å². The summed E-state index contributed by atoms with van der Waals surface area (Å²) in [6.45, 7) is 4.56. The monoisotopic (exact) mass is 386 g/mol. The zero-order valence-electron chi connectivity index (χ0n) is 16.1. The van der Waals surface area contributed by atoms with E-state index in [-0.39, 0.29) is 23.9 Å². The Morgan fingerprint density at radius 2 is 2.00 bits per heavy atom. The molecule has 0 aromatic heterocycles. The van der Waals surface area contributed by atoms with Crippen LogP contribution in [0.5, 0.6) is 5.75 Å². The van der Waals surface area contributed by atoms with E-state index in [2.05, 4.69) is 39.1 Å². The van der Waals surface area contributed by atoms with Gasteiger partial charge in [0, 0.05) is 44.8 Å². The highest BCUT2D eigenvalue weighted by Crippen LogP contribution is 2.23. The third-order valence-electron chi connectivity index (χ3n) is 4.50. The normalized spacial score (nSPS) is 16.8. The van der Waals surface area contributed by atoms with Crippen LogP contribution >= 0.6 is 0 Å². The number of nitrogens with one attached hydrogen (secondary N) is 2. The van der Waals surface area contributed by atoms with E-state index in [4.69, 9.17) is 0 Å². The molecule has 0 amide bonds. The van der Waals surface area contributed by atoms with E-state index in [1.54, 1.807) is 7.05 Å². The van der Waals surface area contributed by atoms with E-state index >= 15 is 0 Å². The van der Waals surface area contributed by atoms with E-state index in [1.807, 2.05) is 0 Å². The number of hydrogen-bond donors (Lipinski definition) is 2. The molecule has 8 heteroatoms. The van der Waals surface area contributed by atoms with E-state index < -0.39 is 12.4 Å². The molecule has 2 rings (SSSR count). The molecule has 1 aromatic carbocycles. The van der Waals surface area contributed by atoms with E-state index in [9.17, 15) is 13.2 Å². The molecule has 27 heavy (non-hydrogen) atoms. The minimum absolute atomic E-state index is 0.000590. The lowest BCUT2D eigenvalue weighted by molar-refractivity contribution is -0.0506. The molecule has 0 bridgehead atoms. The molecule has 2 N–H and O–H groups in total. The number of alkyl halides is 2. The Morgan fingerprint density at radius 1 is 1.30 bits per heavy atom. The average molecular weight is 386 g/mol. The van der Waals surface area contributed by atoms with Crippen molar-refractivity contribution in [3.63, 3.8) is 0 Å². The summed E-state index contributed by atoms with van der Waals surface area (Å²) in [5.41, 5.74) is 0.0486. The lowest BCUT2D eigenvalue weighted by Crippen LogP contribution is -2.49. The van der Waals surface area contributed by atoms with Gasteiger partial charge in [-0.25, -0.2) is 4.39 Å². The van der Waals surface area contributed by atoms with Crippen molar-refractivity contribution in [1.29, 1.82) is 0 Å². The summed E-state index contributed by atoms with van der Waals surface area (Å²) in [6, 6.07) is 4.16. The highest BCUT2D eigenvalue weighted by atomic mass is 19.3. The van der Waals surface area contributed by atoms with E-state index in [0.717, 1.165) is 32.5 Å². The Kier molecular flexibility index (Phi) is 8.22. The van der Waals surface area contributed by atoms with Crippen molar-refractivity contribution in [3.05, 3.63) is 29.6 Å². The van der Waals surface area contributed by atoms with Crippen molar-refractivity contribution in [2.75, 3.05) is 26.7 Å². The Hall–Kier alpha value is -1.96. The molecule has 0 spiro atoms. The summed E-state index contributed by atoms with van der Waals surface area (Å²) in [5.74, 6) is 0.394. The fourth-order valence-electron chi connectivity index (χ4n) is 3.25. The zero-order chi connectivity index (χ0) is 19.8. The first kappa shape index (κ1) is 21.3. The van der Waals surface area contributed by atoms with Gasteiger partial charge in [-0.15, -0.1) is 0 Å². The Labute approximate surface area is 159 Å². The summed E-state index contributed by atoms with van der Waals surface area (Å²) >= 11 is 0. The van der Waals surface area contributed by atoms with Gasteiger partial charge in [-0.05, 0) is 30.9 Å². The van der Waals surface area contributed by atoms with Crippen molar-refractivity contribution in [1.82, 2.24) is 15.5 Å². The summed E-state index contributed by atoms with van der Waals surface area (Å²) in [6.07, 6.45) is 1.99. The smallest absolute Gasteiger partial charge is 0.387 e. The fourth-order valence-corrected chi connectivity index (χ4v) is 3.25. The number of benzene rings is 1. The molecular formula is C19H29F3N4O. The SMILES string of the molecule is CN=C(NCc1c(F)cccc1OC(F)F)NC1CCN(CC(C)C)CC1. The highest BCUT2D eigenvalue weighted by Gasteiger charge is 2.21. The van der Waals surface area contributed by atoms with Crippen LogP contribution in [0.25, 0.3) is 0 Å². The van der Waals surface area contributed by atoms with Gasteiger partial charge in [-0.2, -0.15) is 8.78 Å². The van der Waals surface area contributed by atoms with Gasteiger partial charge in [0.1, 0.15) is 11.6 Å². The predicted molar refractivity (Wildman–Crippen MR) is 101 cm³/mol. The molecule has 0 radical (unpaired) electrons. The number of likely N-dealkylation sites (tertiary alicyclic amines) is 1. The third-order valence-corrected chi connectivity index (χ3v) is 4.50. The second kappa shape index (κ2) is 10.4. The first-order chi connectivity index (χ1) is 12.9. The maximum atomic E-state index is 14.0. The second-order valence-corrected chi connectivity index (χ2v) is 7.13. The van der Waals surface area contributed by atoms with Crippen LogP contribution in [-0.2, 0) is 6.54 Å². The van der Waals surface area contributed by atoms with Crippen LogP contribution in [0.4, 0.5) is 13.2 Å². The maximum Gasteiger partial charge on any atom is 0.387 e. The molecule has 0 atom stereocenters. The molecule has 152 valence electrons. The van der Waals surface area contributed by atoms with Crippen molar-refractivity contribution in [3.8, 4) is 5.75 Å². The number of rotatable bonds is 7. The molecule has 0 aliphatic carbocycles. The Bertz CT molecular complexity index is 617. The standard InChI is InChI=1S/C19H29F3N4O/c1-13(2)12-26-9-7-14(8-10-26)25-19(23-3)24-11-15-16(20)5-4-6-17(15)27-18(21)22/h4-6,13-14,18H,7-12H2,1-3H3,(H2,23,24,25). The largest absolute Gasteiger partial charge is 0.434 e. The van der Waals surface area contributed by atoms with E-state index in [1.165, 1.54) is 18.2 Å². The number of hydrogen-bond acceptors (Lipinski definition) is 3. The van der Waals surface area contributed by atoms with Crippen LogP contribution in [-0.4, -0.2) is 50.2 Å². The van der Waals surface area contributed by atoms with Crippen LogP contribution in [0.15, 0.2) is 23.2 Å². The molecule has 0 saturated carbocycles. The van der Waals surface area contributed by atoms with Gasteiger partial charge in [0.05, 0.1) is 0 Å². The third kappa shape index (κ3) is 6.93. The van der Waals surface area contributed by atoms with Crippen LogP contribution in [0, 0.1) is 11.7 Å². The van der Waals surface area contributed by atoms with Crippen molar-refractivity contribution in [2.45, 2.75) is 45.9 Å². The molecule has 1 aliphatic rings. The number of nitrogens with zero attached hydrogens (tertiary/aromatic N) is 2. The Morgan fingerprint density at radius 3 is 2.59 bits per heavy atom. The minimum Gasteiger partial charge on any atom is -0.434 e. The van der Waals surface area contributed by atoms with Gasteiger partial charge >= 0.3 is 6.61 Å². The number of piperidine rings is 1. The first-order valence-electron chi connectivity index (χ1n) is 9.30. The fraction of sp³-hybridized carbons (Fsp3) is 0.632. The average Bonchev–Trinajstić information content (AvgIpc) is 2.60. The minimum atomic E-state index is -3.00. The molecule has 1 saturated heterocycles. The van der Waals surface area contributed by atoms with Gasteiger partial charge in [0.2, 0.25) is 0 Å². The Balaban J connectivity index is 1.88. The molecule has 1 aliphatic heterocycles. The number of halogens is 3. The van der Waals surface area contributed by atoms with Gasteiger partial charge in [0.15, 0.2) is 5.96 Å². The van der Waals surface area contributed by atoms with Crippen molar-refractivity contribution in [2.24, 2.45) is 10.9 Å².